The van der Waals surface area contributed by atoms with Crippen LogP contribution in [0, 0.1) is 19.8 Å². The zero-order chi connectivity index (χ0) is 18.0. The third kappa shape index (κ3) is 3.91. The Labute approximate surface area is 149 Å². The molecule has 3 rings (SSSR count). The number of primary amides is 1. The first kappa shape index (κ1) is 17.6. The molecule has 2 aromatic heterocycles. The van der Waals surface area contributed by atoms with E-state index in [4.69, 9.17) is 10.8 Å². The lowest BCUT2D eigenvalue weighted by atomic mass is 9.79. The van der Waals surface area contributed by atoms with Crippen molar-refractivity contribution in [2.45, 2.75) is 65.3 Å². The molecule has 1 fully saturated rings. The summed E-state index contributed by atoms with van der Waals surface area (Å²) in [6, 6.07) is 1.94. The van der Waals surface area contributed by atoms with Gasteiger partial charge in [0.05, 0.1) is 11.3 Å². The summed E-state index contributed by atoms with van der Waals surface area (Å²) in [5, 5.41) is 4.70. The molecule has 134 valence electrons. The molecular weight excluding hydrogens is 312 g/mol. The highest BCUT2D eigenvalue weighted by Gasteiger charge is 2.24. The van der Waals surface area contributed by atoms with Gasteiger partial charge in [-0.3, -0.25) is 14.5 Å². The molecule has 2 N–H and O–H groups in total. The third-order valence-corrected chi connectivity index (χ3v) is 5.52. The Balaban J connectivity index is 1.62. The van der Waals surface area contributed by atoms with Gasteiger partial charge in [-0.25, -0.2) is 0 Å². The van der Waals surface area contributed by atoms with E-state index < -0.39 is 0 Å². The summed E-state index contributed by atoms with van der Waals surface area (Å²) in [6.45, 7) is 7.13. The minimum absolute atomic E-state index is 0.388. The second-order valence-corrected chi connectivity index (χ2v) is 7.32. The molecule has 5 nitrogen and oxygen atoms in total. The van der Waals surface area contributed by atoms with E-state index in [9.17, 15) is 4.79 Å². The third-order valence-electron chi connectivity index (χ3n) is 5.52. The molecule has 0 spiro atoms. The van der Waals surface area contributed by atoms with Crippen LogP contribution in [-0.2, 0) is 13.0 Å². The average Bonchev–Trinajstić information content (AvgIpc) is 2.95. The maximum absolute atomic E-state index is 11.5. The first-order chi connectivity index (χ1) is 12.0. The van der Waals surface area contributed by atoms with Gasteiger partial charge in [0.25, 0.3) is 5.91 Å². The highest BCUT2D eigenvalue weighted by atomic mass is 16.1. The molecule has 1 aliphatic carbocycles. The molecule has 0 aromatic carbocycles. The van der Waals surface area contributed by atoms with Crippen LogP contribution in [0.15, 0.2) is 18.5 Å². The quantitative estimate of drug-likeness (QED) is 0.905. The van der Waals surface area contributed by atoms with E-state index in [1.807, 2.05) is 19.2 Å². The van der Waals surface area contributed by atoms with Gasteiger partial charge in [-0.15, -0.1) is 0 Å². The molecule has 0 unspecified atom stereocenters. The van der Waals surface area contributed by atoms with Crippen LogP contribution >= 0.6 is 0 Å². The number of amides is 1. The lowest BCUT2D eigenvalue weighted by Crippen LogP contribution is -2.20. The van der Waals surface area contributed by atoms with Gasteiger partial charge in [-0.2, -0.15) is 5.10 Å². The van der Waals surface area contributed by atoms with E-state index in [2.05, 4.69) is 29.7 Å². The average molecular weight is 340 g/mol. The summed E-state index contributed by atoms with van der Waals surface area (Å²) in [6.07, 6.45) is 9.72. The number of hydrogen-bond acceptors (Lipinski definition) is 3. The first-order valence-electron chi connectivity index (χ1n) is 9.27. The van der Waals surface area contributed by atoms with E-state index in [1.54, 1.807) is 0 Å². The van der Waals surface area contributed by atoms with Crippen molar-refractivity contribution < 1.29 is 4.79 Å². The van der Waals surface area contributed by atoms with Crippen molar-refractivity contribution in [1.82, 2.24) is 14.8 Å². The fourth-order valence-electron chi connectivity index (χ4n) is 3.97. The molecular formula is C20H28N4O. The highest BCUT2D eigenvalue weighted by Crippen LogP contribution is 2.36. The second-order valence-electron chi connectivity index (χ2n) is 7.32. The van der Waals surface area contributed by atoms with Gasteiger partial charge in [-0.05, 0) is 75.0 Å². The molecule has 1 amide bonds. The zero-order valence-electron chi connectivity index (χ0n) is 15.5. The normalized spacial score (nSPS) is 20.6. The number of aromatic nitrogens is 3. The molecule has 1 aliphatic rings. The molecule has 0 bridgehead atoms. The van der Waals surface area contributed by atoms with Crippen LogP contribution in [0.2, 0.25) is 0 Å². The van der Waals surface area contributed by atoms with E-state index in [0.29, 0.717) is 23.1 Å². The number of carbonyl (C=O) groups is 1. The Kier molecular flexibility index (Phi) is 5.21. The van der Waals surface area contributed by atoms with Crippen molar-refractivity contribution >= 4 is 5.91 Å². The number of nitrogens with two attached hydrogens (primary N) is 1. The van der Waals surface area contributed by atoms with E-state index in [0.717, 1.165) is 31.4 Å². The van der Waals surface area contributed by atoms with Crippen LogP contribution in [0.1, 0.15) is 71.4 Å². The molecule has 0 atom stereocenters. The van der Waals surface area contributed by atoms with Gasteiger partial charge in [-0.1, -0.05) is 6.92 Å². The Morgan fingerprint density at radius 3 is 2.60 bits per heavy atom. The van der Waals surface area contributed by atoms with Crippen molar-refractivity contribution in [2.24, 2.45) is 11.7 Å². The van der Waals surface area contributed by atoms with Crippen LogP contribution < -0.4 is 5.73 Å². The molecule has 0 aliphatic heterocycles. The lowest BCUT2D eigenvalue weighted by molar-refractivity contribution is 0.0999. The van der Waals surface area contributed by atoms with Crippen molar-refractivity contribution in [1.29, 1.82) is 0 Å². The summed E-state index contributed by atoms with van der Waals surface area (Å²) < 4.78 is 2.12. The van der Waals surface area contributed by atoms with Crippen molar-refractivity contribution in [3.63, 3.8) is 0 Å². The summed E-state index contributed by atoms with van der Waals surface area (Å²) >= 11 is 0. The maximum atomic E-state index is 11.5. The fourth-order valence-corrected chi connectivity index (χ4v) is 3.97. The summed E-state index contributed by atoms with van der Waals surface area (Å²) in [7, 11) is 0. The van der Waals surface area contributed by atoms with Gasteiger partial charge < -0.3 is 5.73 Å². The maximum Gasteiger partial charge on any atom is 0.250 e. The smallest absolute Gasteiger partial charge is 0.250 e. The predicted octanol–water partition coefficient (Wildman–Crippen LogP) is 3.53. The zero-order valence-corrected chi connectivity index (χ0v) is 15.5. The van der Waals surface area contributed by atoms with Crippen LogP contribution in [-0.4, -0.2) is 20.7 Å². The number of hydrogen-bond donors (Lipinski definition) is 1. The topological polar surface area (TPSA) is 73.8 Å². The molecule has 25 heavy (non-hydrogen) atoms. The van der Waals surface area contributed by atoms with Gasteiger partial charge in [0, 0.05) is 24.6 Å². The molecule has 0 radical (unpaired) electrons. The van der Waals surface area contributed by atoms with Gasteiger partial charge in [0.15, 0.2) is 0 Å². The van der Waals surface area contributed by atoms with Crippen LogP contribution in [0.4, 0.5) is 0 Å². The lowest BCUT2D eigenvalue weighted by Gasteiger charge is -2.28. The summed E-state index contributed by atoms with van der Waals surface area (Å²) in [5.41, 5.74) is 10.4. The minimum Gasteiger partial charge on any atom is -0.366 e. The van der Waals surface area contributed by atoms with Gasteiger partial charge in [0.1, 0.15) is 0 Å². The number of rotatable bonds is 5. The van der Waals surface area contributed by atoms with Crippen LogP contribution in [0.3, 0.4) is 0 Å². The number of nitrogens with zero attached hydrogens (tertiary/aromatic N) is 3. The molecule has 0 saturated heterocycles. The van der Waals surface area contributed by atoms with E-state index in [1.165, 1.54) is 24.1 Å². The number of pyridine rings is 1. The van der Waals surface area contributed by atoms with Crippen molar-refractivity contribution in [2.75, 3.05) is 0 Å². The van der Waals surface area contributed by atoms with Crippen LogP contribution in [0.5, 0.6) is 0 Å². The van der Waals surface area contributed by atoms with Crippen LogP contribution in [0.25, 0.3) is 0 Å². The molecule has 5 heteroatoms. The largest absolute Gasteiger partial charge is 0.366 e. The van der Waals surface area contributed by atoms with Crippen molar-refractivity contribution in [3.8, 4) is 0 Å². The summed E-state index contributed by atoms with van der Waals surface area (Å²) in [5.74, 6) is 0.767. The van der Waals surface area contributed by atoms with E-state index in [-0.39, 0.29) is 5.91 Å². The molecule has 1 saturated carbocycles. The van der Waals surface area contributed by atoms with E-state index >= 15 is 0 Å². The SMILES string of the molecule is CCc1nn(CC2CCC(c3cnc(C)c(C(N)=O)c3)CC2)cc1C. The predicted molar refractivity (Wildman–Crippen MR) is 98.5 cm³/mol. The fraction of sp³-hybridized carbons (Fsp3) is 0.550. The minimum atomic E-state index is -0.388. The Morgan fingerprint density at radius 2 is 2.00 bits per heavy atom. The monoisotopic (exact) mass is 340 g/mol. The molecule has 2 aromatic rings. The summed E-state index contributed by atoms with van der Waals surface area (Å²) in [4.78, 5) is 15.9. The van der Waals surface area contributed by atoms with Gasteiger partial charge >= 0.3 is 0 Å². The number of carbonyl (C=O) groups excluding carboxylic acids is 1. The Morgan fingerprint density at radius 1 is 1.28 bits per heavy atom. The standard InChI is InChI=1S/C20H28N4O/c1-4-19-13(2)11-24(23-19)12-15-5-7-16(8-6-15)17-9-18(20(21)25)14(3)22-10-17/h9-11,15-16H,4-8,12H2,1-3H3,(H2,21,25). The van der Waals surface area contributed by atoms with Gasteiger partial charge in [0.2, 0.25) is 0 Å². The molecule has 2 heterocycles. The highest BCUT2D eigenvalue weighted by molar-refractivity contribution is 5.93. The first-order valence-corrected chi connectivity index (χ1v) is 9.27. The van der Waals surface area contributed by atoms with Crippen molar-refractivity contribution in [3.05, 3.63) is 46.5 Å². The Bertz CT molecular complexity index is 757. The Hall–Kier alpha value is -2.17. The second kappa shape index (κ2) is 7.38. The number of aryl methyl sites for hydroxylation is 3.